The molecule has 0 spiro atoms. The van der Waals surface area contributed by atoms with Gasteiger partial charge in [0.05, 0.1) is 5.82 Å². The van der Waals surface area contributed by atoms with Crippen molar-refractivity contribution >= 4 is 12.7 Å². The molecule has 0 atom stereocenters. The van der Waals surface area contributed by atoms with Crippen molar-refractivity contribution in [1.29, 1.82) is 0 Å². The Hall–Kier alpha value is -0.865. The van der Waals surface area contributed by atoms with Crippen LogP contribution in [0.1, 0.15) is 12.8 Å². The van der Waals surface area contributed by atoms with Crippen molar-refractivity contribution in [3.05, 3.63) is 30.1 Å². The zero-order valence-corrected chi connectivity index (χ0v) is 9.62. The predicted molar refractivity (Wildman–Crippen MR) is 63.7 cm³/mol. The second kappa shape index (κ2) is 8.31. The van der Waals surface area contributed by atoms with Gasteiger partial charge in [0.1, 0.15) is 6.79 Å². The van der Waals surface area contributed by atoms with Crippen LogP contribution in [-0.2, 0) is 9.47 Å². The molecule has 0 aliphatic heterocycles. The van der Waals surface area contributed by atoms with Crippen molar-refractivity contribution in [3.63, 3.8) is 0 Å². The van der Waals surface area contributed by atoms with Crippen LogP contribution in [0.2, 0.25) is 6.32 Å². The first-order valence-electron chi connectivity index (χ1n) is 5.49. The Morgan fingerprint density at radius 2 is 2.06 bits per heavy atom. The SMILES string of the molecule is COCOCCCC[B-]c1ccccc1F. The van der Waals surface area contributed by atoms with Crippen LogP contribution in [0, 0.1) is 5.82 Å². The molecule has 4 heteroatoms. The van der Waals surface area contributed by atoms with Gasteiger partial charge in [-0.05, 0) is 12.5 Å². The first-order valence-corrected chi connectivity index (χ1v) is 5.49. The third-order valence-electron chi connectivity index (χ3n) is 2.21. The lowest BCUT2D eigenvalue weighted by Gasteiger charge is -2.16. The van der Waals surface area contributed by atoms with E-state index in [0.29, 0.717) is 18.9 Å². The van der Waals surface area contributed by atoms with E-state index < -0.39 is 0 Å². The second-order valence-corrected chi connectivity index (χ2v) is 3.54. The minimum absolute atomic E-state index is 0.155. The smallest absolute Gasteiger partial charge is 0.146 e. The number of benzene rings is 1. The number of rotatable bonds is 8. The average Bonchev–Trinajstić information content (AvgIpc) is 2.30. The third kappa shape index (κ3) is 5.28. The lowest BCUT2D eigenvalue weighted by molar-refractivity contribution is -0.0312. The van der Waals surface area contributed by atoms with E-state index in [1.807, 2.05) is 13.3 Å². The molecule has 0 N–H and O–H groups in total. The summed E-state index contributed by atoms with van der Waals surface area (Å²) in [5.41, 5.74) is 0.681. The number of methoxy groups -OCH3 is 1. The molecule has 2 nitrogen and oxygen atoms in total. The van der Waals surface area contributed by atoms with E-state index in [2.05, 4.69) is 0 Å². The maximum Gasteiger partial charge on any atom is 0.146 e. The van der Waals surface area contributed by atoms with Crippen LogP contribution < -0.4 is 5.46 Å². The summed E-state index contributed by atoms with van der Waals surface area (Å²) >= 11 is 0. The summed E-state index contributed by atoms with van der Waals surface area (Å²) in [6.07, 6.45) is 2.84. The third-order valence-corrected chi connectivity index (χ3v) is 2.21. The molecule has 0 aliphatic rings. The fraction of sp³-hybridized carbons (Fsp3) is 0.500. The van der Waals surface area contributed by atoms with E-state index in [1.165, 1.54) is 6.07 Å². The van der Waals surface area contributed by atoms with E-state index in [0.717, 1.165) is 19.2 Å². The van der Waals surface area contributed by atoms with E-state index in [1.54, 1.807) is 19.2 Å². The molecule has 0 amide bonds. The lowest BCUT2D eigenvalue weighted by atomic mass is 9.66. The van der Waals surface area contributed by atoms with Crippen molar-refractivity contribution in [3.8, 4) is 0 Å². The molecule has 0 aromatic heterocycles. The van der Waals surface area contributed by atoms with Crippen molar-refractivity contribution in [2.45, 2.75) is 19.2 Å². The van der Waals surface area contributed by atoms with Crippen LogP contribution in [-0.4, -0.2) is 27.8 Å². The molecule has 1 rings (SSSR count). The minimum Gasteiger partial charge on any atom is -0.359 e. The molecule has 0 bridgehead atoms. The summed E-state index contributed by atoms with van der Waals surface area (Å²) in [6.45, 7) is 1.04. The van der Waals surface area contributed by atoms with Gasteiger partial charge in [-0.3, -0.25) is 7.28 Å². The molecule has 0 heterocycles. The van der Waals surface area contributed by atoms with Crippen molar-refractivity contribution in [2.75, 3.05) is 20.5 Å². The van der Waals surface area contributed by atoms with Crippen LogP contribution >= 0.6 is 0 Å². The highest BCUT2D eigenvalue weighted by molar-refractivity contribution is 6.53. The number of ether oxygens (including phenoxy) is 2. The molecule has 16 heavy (non-hydrogen) atoms. The largest absolute Gasteiger partial charge is 0.359 e. The summed E-state index contributed by atoms with van der Waals surface area (Å²) in [5.74, 6) is -0.155. The molecule has 0 aliphatic carbocycles. The highest BCUT2D eigenvalue weighted by atomic mass is 19.1. The average molecular weight is 223 g/mol. The van der Waals surface area contributed by atoms with Crippen molar-refractivity contribution < 1.29 is 13.9 Å². The number of halogens is 1. The fourth-order valence-corrected chi connectivity index (χ4v) is 1.39. The number of unbranched alkanes of at least 4 members (excludes halogenated alkanes) is 1. The van der Waals surface area contributed by atoms with E-state index in [9.17, 15) is 4.39 Å². The minimum atomic E-state index is -0.155. The number of hydrogen-bond donors (Lipinski definition) is 0. The van der Waals surface area contributed by atoms with Gasteiger partial charge in [-0.1, -0.05) is 18.6 Å². The Morgan fingerprint density at radius 3 is 2.81 bits per heavy atom. The molecule has 0 saturated carbocycles. The number of hydrogen-bond acceptors (Lipinski definition) is 2. The molecular weight excluding hydrogens is 206 g/mol. The summed E-state index contributed by atoms with van der Waals surface area (Å²) in [6, 6.07) is 6.81. The molecular formula is C12H17BFO2-. The van der Waals surface area contributed by atoms with Gasteiger partial charge in [0.15, 0.2) is 0 Å². The van der Waals surface area contributed by atoms with E-state index in [4.69, 9.17) is 9.47 Å². The lowest BCUT2D eigenvalue weighted by Crippen LogP contribution is -2.17. The summed E-state index contributed by atoms with van der Waals surface area (Å²) in [7, 11) is 3.53. The topological polar surface area (TPSA) is 18.5 Å². The van der Waals surface area contributed by atoms with Gasteiger partial charge in [0.2, 0.25) is 0 Å². The Labute approximate surface area is 97.0 Å². The standard InChI is InChI=1S/C12H17BFO2/c1-15-10-16-9-5-4-8-13-11-6-2-3-7-12(11)14/h2-3,6-7H,4-5,8-10H2,1H3/q-1. The molecule has 0 unspecified atom stereocenters. The van der Waals surface area contributed by atoms with Crippen LogP contribution in [0.15, 0.2) is 24.3 Å². The van der Waals surface area contributed by atoms with E-state index in [-0.39, 0.29) is 5.82 Å². The molecule has 0 saturated heterocycles. The predicted octanol–water partition coefficient (Wildman–Crippen LogP) is 1.97. The molecule has 0 fully saturated rings. The first kappa shape index (κ1) is 13.2. The van der Waals surface area contributed by atoms with Gasteiger partial charge in [-0.15, -0.1) is 6.07 Å². The Morgan fingerprint density at radius 1 is 1.25 bits per heavy atom. The van der Waals surface area contributed by atoms with Crippen molar-refractivity contribution in [1.82, 2.24) is 0 Å². The van der Waals surface area contributed by atoms with Crippen LogP contribution in [0.3, 0.4) is 0 Å². The summed E-state index contributed by atoms with van der Waals surface area (Å²) in [5, 5.41) is 0. The Bertz CT molecular complexity index is 294. The highest BCUT2D eigenvalue weighted by Gasteiger charge is 1.89. The van der Waals surface area contributed by atoms with Gasteiger partial charge in [0.25, 0.3) is 0 Å². The Kier molecular flexibility index (Phi) is 6.85. The molecule has 2 radical (unpaired) electrons. The van der Waals surface area contributed by atoms with E-state index >= 15 is 0 Å². The maximum absolute atomic E-state index is 13.2. The van der Waals surface area contributed by atoms with Gasteiger partial charge >= 0.3 is 0 Å². The fourth-order valence-electron chi connectivity index (χ4n) is 1.39. The van der Waals surface area contributed by atoms with Gasteiger partial charge < -0.3 is 9.47 Å². The van der Waals surface area contributed by atoms with Crippen LogP contribution in [0.4, 0.5) is 4.39 Å². The van der Waals surface area contributed by atoms with Crippen molar-refractivity contribution in [2.24, 2.45) is 0 Å². The zero-order valence-electron chi connectivity index (χ0n) is 9.62. The zero-order chi connectivity index (χ0) is 11.6. The molecule has 88 valence electrons. The quantitative estimate of drug-likeness (QED) is 0.381. The monoisotopic (exact) mass is 223 g/mol. The van der Waals surface area contributed by atoms with Crippen LogP contribution in [0.25, 0.3) is 0 Å². The first-order chi connectivity index (χ1) is 7.84. The normalized spacial score (nSPS) is 10.6. The second-order valence-electron chi connectivity index (χ2n) is 3.54. The summed E-state index contributed by atoms with van der Waals surface area (Å²) < 4.78 is 23.1. The highest BCUT2D eigenvalue weighted by Crippen LogP contribution is 1.98. The van der Waals surface area contributed by atoms with Gasteiger partial charge in [-0.2, -0.15) is 0 Å². The molecule has 1 aromatic rings. The molecule has 1 aromatic carbocycles. The van der Waals surface area contributed by atoms with Crippen LogP contribution in [0.5, 0.6) is 0 Å². The van der Waals surface area contributed by atoms with Gasteiger partial charge in [0, 0.05) is 13.7 Å². The summed E-state index contributed by atoms with van der Waals surface area (Å²) in [4.78, 5) is 0. The maximum atomic E-state index is 13.2. The van der Waals surface area contributed by atoms with Gasteiger partial charge in [-0.25, -0.2) is 16.2 Å². The Balaban J connectivity index is 2.05.